The number of rotatable bonds is 13. The molecule has 0 bridgehead atoms. The number of nitrogens with one attached hydrogen (secondary N) is 1. The first kappa shape index (κ1) is 25.7. The molecule has 2 rings (SSSR count). The number of hydrogen-bond donors (Lipinski definition) is 4. The third kappa shape index (κ3) is 8.51. The Morgan fingerprint density at radius 1 is 1.06 bits per heavy atom. The van der Waals surface area contributed by atoms with Crippen LogP contribution in [0.4, 0.5) is 0 Å². The second kappa shape index (κ2) is 13.1. The van der Waals surface area contributed by atoms with Crippen molar-refractivity contribution in [2.45, 2.75) is 51.4 Å². The number of aliphatic carboxylic acids is 1. The van der Waals surface area contributed by atoms with Gasteiger partial charge in [0.25, 0.3) is 5.91 Å². The molecule has 0 aliphatic carbocycles. The highest BCUT2D eigenvalue weighted by atomic mass is 32.2. The summed E-state index contributed by atoms with van der Waals surface area (Å²) in [6, 6.07) is 4.17. The molecule has 4 N–H and O–H groups in total. The van der Waals surface area contributed by atoms with Gasteiger partial charge in [0, 0.05) is 37.6 Å². The Kier molecular flexibility index (Phi) is 10.5. The highest BCUT2D eigenvalue weighted by molar-refractivity contribution is 8.26. The topological polar surface area (TPSA) is 127 Å². The molecule has 1 fully saturated rings. The van der Waals surface area contributed by atoms with Crippen LogP contribution in [0.1, 0.15) is 56.9 Å². The molecule has 0 spiro atoms. The van der Waals surface area contributed by atoms with Crippen LogP contribution in [0.5, 0.6) is 11.5 Å². The first-order valence-corrected chi connectivity index (χ1v) is 11.8. The summed E-state index contributed by atoms with van der Waals surface area (Å²) in [5.41, 5.74) is 0.427. The molecule has 1 aromatic rings. The summed E-state index contributed by atoms with van der Waals surface area (Å²) in [4.78, 5) is 36.8. The number of thiocarbonyl (C=S) groups is 1. The molecule has 10 heteroatoms. The Morgan fingerprint density at radius 3 is 2.50 bits per heavy atom. The van der Waals surface area contributed by atoms with Crippen LogP contribution in [0.2, 0.25) is 0 Å². The van der Waals surface area contributed by atoms with Crippen LogP contribution in [0.25, 0.3) is 6.08 Å². The molecule has 1 aliphatic heterocycles. The van der Waals surface area contributed by atoms with Crippen molar-refractivity contribution < 1.29 is 29.7 Å². The molecular formula is C22H28N2O6S2. The van der Waals surface area contributed by atoms with Gasteiger partial charge in [-0.1, -0.05) is 36.8 Å². The van der Waals surface area contributed by atoms with Gasteiger partial charge in [0.1, 0.15) is 15.8 Å². The number of amides is 2. The SMILES string of the molecule is O=C(O)CCCCCNC(=O)CCCCCN1C(=O)/C(=C/c2ccc(O)cc2O)SC1=S. The van der Waals surface area contributed by atoms with Crippen LogP contribution >= 0.6 is 24.0 Å². The molecule has 0 aromatic heterocycles. The number of nitrogens with zero attached hydrogens (tertiary/aromatic N) is 1. The van der Waals surface area contributed by atoms with Crippen LogP contribution in [0.3, 0.4) is 0 Å². The molecule has 1 heterocycles. The predicted octanol–water partition coefficient (Wildman–Crippen LogP) is 3.62. The zero-order chi connectivity index (χ0) is 23.5. The number of carbonyl (C=O) groups is 3. The summed E-state index contributed by atoms with van der Waals surface area (Å²) in [5.74, 6) is -1.21. The van der Waals surface area contributed by atoms with Crippen LogP contribution in [0.15, 0.2) is 23.1 Å². The summed E-state index contributed by atoms with van der Waals surface area (Å²) in [5, 5.41) is 30.7. The van der Waals surface area contributed by atoms with Crippen molar-refractivity contribution in [1.82, 2.24) is 10.2 Å². The molecule has 1 aromatic carbocycles. The minimum absolute atomic E-state index is 0.0227. The van der Waals surface area contributed by atoms with E-state index in [1.54, 1.807) is 6.08 Å². The lowest BCUT2D eigenvalue weighted by atomic mass is 10.1. The smallest absolute Gasteiger partial charge is 0.303 e. The number of phenolic OH excluding ortho intramolecular Hbond substituents is 2. The largest absolute Gasteiger partial charge is 0.508 e. The Morgan fingerprint density at radius 2 is 1.78 bits per heavy atom. The van der Waals surface area contributed by atoms with Gasteiger partial charge in [0.05, 0.1) is 4.91 Å². The van der Waals surface area contributed by atoms with Gasteiger partial charge in [-0.3, -0.25) is 19.3 Å². The Labute approximate surface area is 196 Å². The third-order valence-electron chi connectivity index (χ3n) is 4.85. The monoisotopic (exact) mass is 480 g/mol. The van der Waals surface area contributed by atoms with Crippen molar-refractivity contribution in [2.24, 2.45) is 0 Å². The standard InChI is InChI=1S/C22H28N2O6S2/c25-16-10-9-15(17(26)14-16)13-18-21(30)24(22(31)32-18)12-6-2-3-7-19(27)23-11-5-1-4-8-20(28)29/h9-10,13-14,25-26H,1-8,11-12H2,(H,23,27)(H,28,29)/b18-13-. The number of phenols is 2. The lowest BCUT2D eigenvalue weighted by molar-refractivity contribution is -0.137. The van der Waals surface area contributed by atoms with Gasteiger partial charge in [-0.15, -0.1) is 0 Å². The number of aromatic hydroxyl groups is 2. The van der Waals surface area contributed by atoms with E-state index in [0.717, 1.165) is 19.3 Å². The van der Waals surface area contributed by atoms with E-state index < -0.39 is 5.97 Å². The van der Waals surface area contributed by atoms with Gasteiger partial charge in [0.15, 0.2) is 0 Å². The lowest BCUT2D eigenvalue weighted by Crippen LogP contribution is -2.29. The number of benzene rings is 1. The van der Waals surface area contributed by atoms with E-state index >= 15 is 0 Å². The van der Waals surface area contributed by atoms with Crippen LogP contribution in [0, 0.1) is 0 Å². The zero-order valence-corrected chi connectivity index (χ0v) is 19.3. The minimum atomic E-state index is -0.798. The number of carboxylic acid groups (broad SMARTS) is 1. The van der Waals surface area contributed by atoms with Gasteiger partial charge >= 0.3 is 5.97 Å². The predicted molar refractivity (Wildman–Crippen MR) is 127 cm³/mol. The fourth-order valence-corrected chi connectivity index (χ4v) is 4.41. The Balaban J connectivity index is 1.65. The molecule has 1 saturated heterocycles. The van der Waals surface area contributed by atoms with E-state index in [1.807, 2.05) is 0 Å². The lowest BCUT2D eigenvalue weighted by Gasteiger charge is -2.14. The summed E-state index contributed by atoms with van der Waals surface area (Å²) in [7, 11) is 0. The maximum atomic E-state index is 12.6. The van der Waals surface area contributed by atoms with Crippen LogP contribution < -0.4 is 5.32 Å². The normalized spacial score (nSPS) is 14.9. The fraction of sp³-hybridized carbons (Fsp3) is 0.455. The van der Waals surface area contributed by atoms with Crippen molar-refractivity contribution in [3.05, 3.63) is 28.7 Å². The van der Waals surface area contributed by atoms with Crippen molar-refractivity contribution in [1.29, 1.82) is 0 Å². The van der Waals surface area contributed by atoms with Crippen LogP contribution in [-0.4, -0.2) is 55.4 Å². The molecule has 32 heavy (non-hydrogen) atoms. The maximum Gasteiger partial charge on any atom is 0.303 e. The van der Waals surface area contributed by atoms with Crippen molar-refractivity contribution in [2.75, 3.05) is 13.1 Å². The summed E-state index contributed by atoms with van der Waals surface area (Å²) < 4.78 is 0.458. The Bertz CT molecular complexity index is 887. The molecule has 0 radical (unpaired) electrons. The molecule has 0 unspecified atom stereocenters. The highest BCUT2D eigenvalue weighted by Crippen LogP contribution is 2.35. The number of hydrogen-bond acceptors (Lipinski definition) is 7. The van der Waals surface area contributed by atoms with Crippen molar-refractivity contribution in [3.8, 4) is 11.5 Å². The van der Waals surface area contributed by atoms with E-state index in [9.17, 15) is 24.6 Å². The fourth-order valence-electron chi connectivity index (χ4n) is 3.11. The van der Waals surface area contributed by atoms with E-state index in [-0.39, 0.29) is 29.7 Å². The summed E-state index contributed by atoms with van der Waals surface area (Å²) in [6.07, 6.45) is 6.48. The summed E-state index contributed by atoms with van der Waals surface area (Å²) >= 11 is 6.48. The van der Waals surface area contributed by atoms with E-state index in [1.165, 1.54) is 34.9 Å². The second-order valence-corrected chi connectivity index (χ2v) is 9.12. The third-order valence-corrected chi connectivity index (χ3v) is 6.23. The van der Waals surface area contributed by atoms with E-state index in [2.05, 4.69) is 5.32 Å². The molecule has 0 atom stereocenters. The number of carboxylic acids is 1. The Hall–Kier alpha value is -2.59. The van der Waals surface area contributed by atoms with E-state index in [4.69, 9.17) is 17.3 Å². The van der Waals surface area contributed by atoms with Crippen molar-refractivity contribution in [3.63, 3.8) is 0 Å². The molecular weight excluding hydrogens is 452 g/mol. The molecule has 1 aliphatic rings. The quantitative estimate of drug-likeness (QED) is 0.192. The average Bonchev–Trinajstić information content (AvgIpc) is 2.99. The van der Waals surface area contributed by atoms with E-state index in [0.29, 0.717) is 53.6 Å². The summed E-state index contributed by atoms with van der Waals surface area (Å²) in [6.45, 7) is 1.02. The first-order chi connectivity index (χ1) is 15.3. The molecule has 174 valence electrons. The number of unbranched alkanes of at least 4 members (excludes halogenated alkanes) is 4. The number of carbonyl (C=O) groups excluding carboxylic acids is 2. The van der Waals surface area contributed by atoms with Gasteiger partial charge in [0.2, 0.25) is 5.91 Å². The van der Waals surface area contributed by atoms with Crippen molar-refractivity contribution >= 4 is 52.2 Å². The molecule has 2 amide bonds. The maximum absolute atomic E-state index is 12.6. The highest BCUT2D eigenvalue weighted by Gasteiger charge is 2.31. The first-order valence-electron chi connectivity index (χ1n) is 10.5. The molecule has 0 saturated carbocycles. The minimum Gasteiger partial charge on any atom is -0.508 e. The average molecular weight is 481 g/mol. The number of thioether (sulfide) groups is 1. The zero-order valence-electron chi connectivity index (χ0n) is 17.7. The van der Waals surface area contributed by atoms with Crippen LogP contribution in [-0.2, 0) is 14.4 Å². The van der Waals surface area contributed by atoms with Gasteiger partial charge in [-0.05, 0) is 43.9 Å². The van der Waals surface area contributed by atoms with Gasteiger partial charge < -0.3 is 20.6 Å². The van der Waals surface area contributed by atoms with Gasteiger partial charge in [-0.2, -0.15) is 0 Å². The van der Waals surface area contributed by atoms with Gasteiger partial charge in [-0.25, -0.2) is 0 Å². The molecule has 8 nitrogen and oxygen atoms in total. The second-order valence-electron chi connectivity index (χ2n) is 7.44.